The predicted octanol–water partition coefficient (Wildman–Crippen LogP) is 5.18. The van der Waals surface area contributed by atoms with E-state index in [9.17, 15) is 4.79 Å². The van der Waals surface area contributed by atoms with E-state index in [1.54, 1.807) is 29.8 Å². The molecular formula is C21H16N4OS. The molecular weight excluding hydrogens is 356 g/mol. The summed E-state index contributed by atoms with van der Waals surface area (Å²) in [4.78, 5) is 23.1. The highest BCUT2D eigenvalue weighted by Gasteiger charge is 2.10. The number of benzene rings is 1. The summed E-state index contributed by atoms with van der Waals surface area (Å²) in [6, 6.07) is 15.9. The molecule has 0 aliphatic carbocycles. The fraction of sp³-hybridized carbons (Fsp3) is 0.0476. The van der Waals surface area contributed by atoms with Gasteiger partial charge in [0.25, 0.3) is 0 Å². The molecule has 5 nitrogen and oxygen atoms in total. The molecule has 0 radical (unpaired) electrons. The van der Waals surface area contributed by atoms with E-state index < -0.39 is 0 Å². The minimum absolute atomic E-state index is 0.105. The molecule has 4 aromatic heterocycles. The predicted molar refractivity (Wildman–Crippen MR) is 112 cm³/mol. The fourth-order valence-corrected chi connectivity index (χ4v) is 4.37. The number of fused-ring (bicyclic) bond motifs is 2. The molecule has 3 N–H and O–H groups in total. The van der Waals surface area contributed by atoms with Crippen molar-refractivity contribution >= 4 is 43.8 Å². The number of pyridine rings is 2. The number of nitrogens with one attached hydrogen (secondary N) is 3. The normalized spacial score (nSPS) is 11.3. The Morgan fingerprint density at radius 2 is 2.00 bits per heavy atom. The number of rotatable bonds is 3. The average molecular weight is 372 g/mol. The van der Waals surface area contributed by atoms with Crippen LogP contribution >= 0.6 is 11.3 Å². The van der Waals surface area contributed by atoms with Gasteiger partial charge in [0.15, 0.2) is 0 Å². The van der Waals surface area contributed by atoms with E-state index in [2.05, 4.69) is 51.5 Å². The third-order valence-corrected chi connectivity index (χ3v) is 5.71. The summed E-state index contributed by atoms with van der Waals surface area (Å²) in [5, 5.41) is 4.69. The molecule has 0 spiro atoms. The molecule has 6 heteroatoms. The maximum atomic E-state index is 11.6. The van der Waals surface area contributed by atoms with Crippen molar-refractivity contribution in [2.24, 2.45) is 0 Å². The lowest BCUT2D eigenvalue weighted by Gasteiger charge is -2.07. The third-order valence-electron chi connectivity index (χ3n) is 4.51. The highest BCUT2D eigenvalue weighted by atomic mass is 32.1. The molecule has 0 amide bonds. The maximum absolute atomic E-state index is 11.6. The Labute approximate surface area is 158 Å². The molecule has 4 heterocycles. The summed E-state index contributed by atoms with van der Waals surface area (Å²) in [5.41, 5.74) is 6.02. The van der Waals surface area contributed by atoms with Crippen molar-refractivity contribution in [1.29, 1.82) is 0 Å². The Hall–Kier alpha value is -3.38. The van der Waals surface area contributed by atoms with Crippen LogP contribution in [0.3, 0.4) is 0 Å². The Morgan fingerprint density at radius 1 is 1.07 bits per heavy atom. The molecule has 1 aromatic carbocycles. The van der Waals surface area contributed by atoms with Crippen molar-refractivity contribution in [3.8, 4) is 10.4 Å². The first kappa shape index (κ1) is 15.8. The smallest absolute Gasteiger partial charge is 0.248 e. The van der Waals surface area contributed by atoms with Crippen LogP contribution in [0.1, 0.15) is 5.69 Å². The second-order valence-electron chi connectivity index (χ2n) is 6.50. The van der Waals surface area contributed by atoms with E-state index in [0.717, 1.165) is 43.2 Å². The first-order valence-corrected chi connectivity index (χ1v) is 9.41. The zero-order chi connectivity index (χ0) is 18.4. The van der Waals surface area contributed by atoms with E-state index >= 15 is 0 Å². The van der Waals surface area contributed by atoms with E-state index in [1.807, 2.05) is 18.2 Å². The third kappa shape index (κ3) is 2.90. The molecule has 5 rings (SSSR count). The van der Waals surface area contributed by atoms with Crippen LogP contribution in [0.2, 0.25) is 0 Å². The van der Waals surface area contributed by atoms with Gasteiger partial charge in [-0.25, -0.2) is 0 Å². The molecule has 0 aliphatic rings. The lowest BCUT2D eigenvalue weighted by molar-refractivity contribution is 1.24. The number of H-pyrrole nitrogens is 2. The zero-order valence-electron chi connectivity index (χ0n) is 14.5. The van der Waals surface area contributed by atoms with Crippen LogP contribution in [0.25, 0.3) is 31.6 Å². The minimum atomic E-state index is -0.105. The molecule has 27 heavy (non-hydrogen) atoms. The molecule has 0 aliphatic heterocycles. The number of aryl methyl sites for hydroxylation is 1. The first-order valence-electron chi connectivity index (χ1n) is 8.60. The van der Waals surface area contributed by atoms with Crippen molar-refractivity contribution in [1.82, 2.24) is 15.0 Å². The maximum Gasteiger partial charge on any atom is 0.248 e. The second-order valence-corrected chi connectivity index (χ2v) is 7.56. The van der Waals surface area contributed by atoms with Crippen molar-refractivity contribution in [3.63, 3.8) is 0 Å². The Morgan fingerprint density at radius 3 is 2.89 bits per heavy atom. The van der Waals surface area contributed by atoms with Crippen LogP contribution < -0.4 is 10.9 Å². The molecule has 0 saturated carbocycles. The van der Waals surface area contributed by atoms with Gasteiger partial charge < -0.3 is 15.3 Å². The Kier molecular flexibility index (Phi) is 3.58. The summed E-state index contributed by atoms with van der Waals surface area (Å²) in [7, 11) is 0. The highest BCUT2D eigenvalue weighted by molar-refractivity contribution is 7.22. The van der Waals surface area contributed by atoms with Crippen LogP contribution in [0.5, 0.6) is 0 Å². The number of thiophene rings is 1. The molecule has 0 fully saturated rings. The SMILES string of the molecule is Cc1cc2cc(Nc3ccnc4cc(-c5cc[nH]c(=O)c5)sc34)ccc2[nH]1. The van der Waals surface area contributed by atoms with Gasteiger partial charge in [0, 0.05) is 45.6 Å². The van der Waals surface area contributed by atoms with E-state index in [0.29, 0.717) is 0 Å². The van der Waals surface area contributed by atoms with Gasteiger partial charge in [-0.3, -0.25) is 9.78 Å². The van der Waals surface area contributed by atoms with Gasteiger partial charge in [-0.05, 0) is 55.0 Å². The average Bonchev–Trinajstić information content (AvgIpc) is 3.24. The standard InChI is InChI=1S/C21H16N4OS/c1-12-8-14-9-15(2-3-16(14)24-12)25-17-5-7-22-18-11-19(27-21(17)18)13-4-6-23-20(26)10-13/h2-11,24H,1H3,(H,22,25)(H,23,26). The van der Waals surface area contributed by atoms with Crippen molar-refractivity contribution in [2.45, 2.75) is 6.92 Å². The Balaban J connectivity index is 1.57. The molecule has 0 saturated heterocycles. The van der Waals surface area contributed by atoms with Gasteiger partial charge in [0.1, 0.15) is 0 Å². The van der Waals surface area contributed by atoms with Crippen LogP contribution in [0.4, 0.5) is 11.4 Å². The summed E-state index contributed by atoms with van der Waals surface area (Å²) in [6.45, 7) is 2.06. The number of anilines is 2. The monoisotopic (exact) mass is 372 g/mol. The largest absolute Gasteiger partial charge is 0.359 e. The lowest BCUT2D eigenvalue weighted by Crippen LogP contribution is -2.01. The van der Waals surface area contributed by atoms with Crippen LogP contribution in [0, 0.1) is 6.92 Å². The topological polar surface area (TPSA) is 73.6 Å². The molecule has 5 aromatic rings. The molecule has 0 unspecified atom stereocenters. The van der Waals surface area contributed by atoms with Gasteiger partial charge in [-0.2, -0.15) is 0 Å². The van der Waals surface area contributed by atoms with Crippen LogP contribution in [0.15, 0.2) is 65.7 Å². The summed E-state index contributed by atoms with van der Waals surface area (Å²) >= 11 is 1.63. The number of hydrogen-bond acceptors (Lipinski definition) is 4. The minimum Gasteiger partial charge on any atom is -0.359 e. The van der Waals surface area contributed by atoms with Gasteiger partial charge in [0.2, 0.25) is 5.56 Å². The van der Waals surface area contributed by atoms with Crippen LogP contribution in [-0.2, 0) is 0 Å². The Bertz CT molecular complexity index is 1350. The first-order chi connectivity index (χ1) is 13.2. The number of hydrogen-bond donors (Lipinski definition) is 3. The summed E-state index contributed by atoms with van der Waals surface area (Å²) in [5.74, 6) is 0. The highest BCUT2D eigenvalue weighted by Crippen LogP contribution is 2.37. The van der Waals surface area contributed by atoms with Gasteiger partial charge in [0.05, 0.1) is 15.9 Å². The lowest BCUT2D eigenvalue weighted by atomic mass is 10.2. The quantitative estimate of drug-likeness (QED) is 0.408. The molecule has 132 valence electrons. The van der Waals surface area contributed by atoms with E-state index in [1.165, 1.54) is 5.39 Å². The zero-order valence-corrected chi connectivity index (χ0v) is 15.4. The van der Waals surface area contributed by atoms with E-state index in [-0.39, 0.29) is 5.56 Å². The van der Waals surface area contributed by atoms with Gasteiger partial charge >= 0.3 is 0 Å². The summed E-state index contributed by atoms with van der Waals surface area (Å²) in [6.07, 6.45) is 3.47. The number of nitrogens with zero attached hydrogens (tertiary/aromatic N) is 1. The van der Waals surface area contributed by atoms with Gasteiger partial charge in [-0.1, -0.05) is 0 Å². The fourth-order valence-electron chi connectivity index (χ4n) is 3.29. The molecule has 0 atom stereocenters. The molecule has 0 bridgehead atoms. The van der Waals surface area contributed by atoms with Crippen LogP contribution in [-0.4, -0.2) is 15.0 Å². The second kappa shape index (κ2) is 6.10. The van der Waals surface area contributed by atoms with Crippen molar-refractivity contribution in [3.05, 3.63) is 77.0 Å². The van der Waals surface area contributed by atoms with Crippen molar-refractivity contribution in [2.75, 3.05) is 5.32 Å². The van der Waals surface area contributed by atoms with Crippen molar-refractivity contribution < 1.29 is 0 Å². The van der Waals surface area contributed by atoms with Gasteiger partial charge in [-0.15, -0.1) is 11.3 Å². The summed E-state index contributed by atoms with van der Waals surface area (Å²) < 4.78 is 1.07. The van der Waals surface area contributed by atoms with E-state index in [4.69, 9.17) is 0 Å². The number of aromatic amines is 2. The number of aromatic nitrogens is 3.